The van der Waals surface area contributed by atoms with Gasteiger partial charge in [-0.05, 0) is 62.8 Å². The molecule has 0 saturated carbocycles. The Morgan fingerprint density at radius 1 is 1.30 bits per heavy atom. The minimum Gasteiger partial charge on any atom is -0.371 e. The highest BCUT2D eigenvalue weighted by molar-refractivity contribution is 5.79. The molecule has 1 saturated heterocycles. The van der Waals surface area contributed by atoms with Crippen molar-refractivity contribution in [2.45, 2.75) is 53.4 Å². The predicted octanol–water partition coefficient (Wildman–Crippen LogP) is 4.20. The lowest BCUT2D eigenvalue weighted by molar-refractivity contribution is -0.135. The number of benzene rings is 1. The Morgan fingerprint density at radius 2 is 2.00 bits per heavy atom. The fraction of sp³-hybridized carbons (Fsp3) is 0.650. The van der Waals surface area contributed by atoms with Crippen LogP contribution < -0.4 is 4.90 Å². The Bertz CT molecular complexity index is 534. The Labute approximate surface area is 141 Å². The molecular formula is C20H32N2O. The summed E-state index contributed by atoms with van der Waals surface area (Å²) < 4.78 is 0. The second-order valence-corrected chi connectivity index (χ2v) is 6.99. The van der Waals surface area contributed by atoms with Gasteiger partial charge in [0.2, 0.25) is 5.91 Å². The number of piperidine rings is 1. The molecule has 1 aromatic rings. The molecule has 1 aromatic carbocycles. The zero-order valence-corrected chi connectivity index (χ0v) is 15.4. The van der Waals surface area contributed by atoms with E-state index in [9.17, 15) is 4.79 Å². The molecular weight excluding hydrogens is 284 g/mol. The molecule has 0 bridgehead atoms. The van der Waals surface area contributed by atoms with Crippen LogP contribution >= 0.6 is 0 Å². The molecule has 128 valence electrons. The third-order valence-corrected chi connectivity index (χ3v) is 5.09. The summed E-state index contributed by atoms with van der Waals surface area (Å²) >= 11 is 0. The van der Waals surface area contributed by atoms with Gasteiger partial charge in [-0.15, -0.1) is 0 Å². The Balaban J connectivity index is 2.12. The largest absolute Gasteiger partial charge is 0.371 e. The highest BCUT2D eigenvalue weighted by Gasteiger charge is 2.28. The molecule has 1 atom stereocenters. The molecule has 0 aliphatic carbocycles. The number of carbonyl (C=O) groups is 1. The second-order valence-electron chi connectivity index (χ2n) is 6.99. The van der Waals surface area contributed by atoms with Crippen molar-refractivity contribution < 1.29 is 4.79 Å². The summed E-state index contributed by atoms with van der Waals surface area (Å²) in [7, 11) is 0. The van der Waals surface area contributed by atoms with Gasteiger partial charge in [0.25, 0.3) is 0 Å². The van der Waals surface area contributed by atoms with Gasteiger partial charge in [0.1, 0.15) is 0 Å². The summed E-state index contributed by atoms with van der Waals surface area (Å²) in [6, 6.07) is 6.78. The zero-order chi connectivity index (χ0) is 17.0. The monoisotopic (exact) mass is 316 g/mol. The average molecular weight is 316 g/mol. The average Bonchev–Trinajstić information content (AvgIpc) is 2.55. The summed E-state index contributed by atoms with van der Waals surface area (Å²) in [5.74, 6) is 1.03. The molecule has 3 nitrogen and oxygen atoms in total. The maximum absolute atomic E-state index is 12.6. The molecule has 1 aliphatic rings. The van der Waals surface area contributed by atoms with Gasteiger partial charge < -0.3 is 9.80 Å². The van der Waals surface area contributed by atoms with Crippen molar-refractivity contribution in [3.05, 3.63) is 29.3 Å². The zero-order valence-electron chi connectivity index (χ0n) is 15.4. The SMILES string of the molecule is CCN(CC)C(=O)C1CCCN(c2ccc(C(C)C)c(C)c2)C1. The number of aryl methyl sites for hydroxylation is 1. The standard InChI is InChI=1S/C20H32N2O/c1-6-21(7-2)20(23)17-9-8-12-22(14-17)18-10-11-19(15(3)4)16(5)13-18/h10-11,13,15,17H,6-9,12,14H2,1-5H3. The molecule has 0 radical (unpaired) electrons. The van der Waals surface area contributed by atoms with Crippen LogP contribution in [-0.4, -0.2) is 37.0 Å². The number of hydrogen-bond donors (Lipinski definition) is 0. The van der Waals surface area contributed by atoms with Crippen molar-refractivity contribution in [1.82, 2.24) is 4.90 Å². The van der Waals surface area contributed by atoms with Crippen LogP contribution in [0.3, 0.4) is 0 Å². The van der Waals surface area contributed by atoms with Crippen molar-refractivity contribution in [3.8, 4) is 0 Å². The smallest absolute Gasteiger partial charge is 0.227 e. The van der Waals surface area contributed by atoms with E-state index in [1.54, 1.807) is 0 Å². The molecule has 0 spiro atoms. The summed E-state index contributed by atoms with van der Waals surface area (Å²) in [5.41, 5.74) is 4.04. The van der Waals surface area contributed by atoms with Gasteiger partial charge in [0.05, 0.1) is 5.92 Å². The van der Waals surface area contributed by atoms with E-state index in [2.05, 4.69) is 57.7 Å². The molecule has 1 unspecified atom stereocenters. The highest BCUT2D eigenvalue weighted by atomic mass is 16.2. The summed E-state index contributed by atoms with van der Waals surface area (Å²) in [4.78, 5) is 17.0. The highest BCUT2D eigenvalue weighted by Crippen LogP contribution is 2.28. The van der Waals surface area contributed by atoms with E-state index in [0.29, 0.717) is 11.8 Å². The molecule has 23 heavy (non-hydrogen) atoms. The van der Waals surface area contributed by atoms with Crippen LogP contribution in [0.1, 0.15) is 57.6 Å². The molecule has 2 rings (SSSR count). The first kappa shape index (κ1) is 17.8. The third kappa shape index (κ3) is 4.07. The van der Waals surface area contributed by atoms with Crippen LogP contribution in [0.15, 0.2) is 18.2 Å². The normalized spacial score (nSPS) is 18.3. The van der Waals surface area contributed by atoms with E-state index in [4.69, 9.17) is 0 Å². The Morgan fingerprint density at radius 3 is 2.57 bits per heavy atom. The van der Waals surface area contributed by atoms with E-state index in [0.717, 1.165) is 39.0 Å². The van der Waals surface area contributed by atoms with Crippen molar-refractivity contribution in [2.75, 3.05) is 31.1 Å². The number of carbonyl (C=O) groups excluding carboxylic acids is 1. The first-order valence-corrected chi connectivity index (χ1v) is 9.12. The number of nitrogens with zero attached hydrogens (tertiary/aromatic N) is 2. The Kier molecular flexibility index (Phi) is 6.09. The third-order valence-electron chi connectivity index (χ3n) is 5.09. The van der Waals surface area contributed by atoms with E-state index < -0.39 is 0 Å². The first-order valence-electron chi connectivity index (χ1n) is 9.12. The maximum Gasteiger partial charge on any atom is 0.227 e. The van der Waals surface area contributed by atoms with Gasteiger partial charge in [-0.25, -0.2) is 0 Å². The number of hydrogen-bond acceptors (Lipinski definition) is 2. The van der Waals surface area contributed by atoms with Gasteiger partial charge in [-0.2, -0.15) is 0 Å². The van der Waals surface area contributed by atoms with Crippen LogP contribution in [0.4, 0.5) is 5.69 Å². The quantitative estimate of drug-likeness (QED) is 0.812. The lowest BCUT2D eigenvalue weighted by atomic mass is 9.94. The van der Waals surface area contributed by atoms with Gasteiger partial charge in [-0.1, -0.05) is 19.9 Å². The van der Waals surface area contributed by atoms with Crippen molar-refractivity contribution in [1.29, 1.82) is 0 Å². The summed E-state index contributed by atoms with van der Waals surface area (Å²) in [5, 5.41) is 0. The van der Waals surface area contributed by atoms with Crippen LogP contribution in [0, 0.1) is 12.8 Å². The fourth-order valence-electron chi connectivity index (χ4n) is 3.71. The second kappa shape index (κ2) is 7.85. The lowest BCUT2D eigenvalue weighted by Crippen LogP contribution is -2.44. The number of amides is 1. The lowest BCUT2D eigenvalue weighted by Gasteiger charge is -2.36. The van der Waals surface area contributed by atoms with Gasteiger partial charge in [0.15, 0.2) is 0 Å². The van der Waals surface area contributed by atoms with Crippen molar-refractivity contribution in [2.24, 2.45) is 5.92 Å². The van der Waals surface area contributed by atoms with E-state index in [-0.39, 0.29) is 5.92 Å². The number of rotatable bonds is 5. The fourth-order valence-corrected chi connectivity index (χ4v) is 3.71. The molecule has 1 aliphatic heterocycles. The van der Waals surface area contributed by atoms with Gasteiger partial charge in [0, 0.05) is 31.9 Å². The van der Waals surface area contributed by atoms with E-state index in [1.165, 1.54) is 16.8 Å². The van der Waals surface area contributed by atoms with Crippen molar-refractivity contribution in [3.63, 3.8) is 0 Å². The van der Waals surface area contributed by atoms with Crippen molar-refractivity contribution >= 4 is 11.6 Å². The van der Waals surface area contributed by atoms with Crippen LogP contribution in [0.5, 0.6) is 0 Å². The topological polar surface area (TPSA) is 23.6 Å². The summed E-state index contributed by atoms with van der Waals surface area (Å²) in [6.07, 6.45) is 2.12. The molecule has 1 amide bonds. The van der Waals surface area contributed by atoms with E-state index in [1.807, 2.05) is 4.90 Å². The Hall–Kier alpha value is -1.51. The van der Waals surface area contributed by atoms with Gasteiger partial charge in [-0.3, -0.25) is 4.79 Å². The minimum absolute atomic E-state index is 0.147. The molecule has 3 heteroatoms. The van der Waals surface area contributed by atoms with Crippen LogP contribution in [0.2, 0.25) is 0 Å². The number of anilines is 1. The predicted molar refractivity (Wildman–Crippen MR) is 98.1 cm³/mol. The van der Waals surface area contributed by atoms with Gasteiger partial charge >= 0.3 is 0 Å². The van der Waals surface area contributed by atoms with Crippen LogP contribution in [-0.2, 0) is 4.79 Å². The maximum atomic E-state index is 12.6. The van der Waals surface area contributed by atoms with E-state index >= 15 is 0 Å². The molecule has 0 aromatic heterocycles. The molecule has 1 fully saturated rings. The molecule has 1 heterocycles. The van der Waals surface area contributed by atoms with Crippen LogP contribution in [0.25, 0.3) is 0 Å². The summed E-state index contributed by atoms with van der Waals surface area (Å²) in [6.45, 7) is 14.3. The molecule has 0 N–H and O–H groups in total. The first-order chi connectivity index (χ1) is 11.0. The minimum atomic E-state index is 0.147.